The number of nitrogens with one attached hydrogen (secondary N) is 1. The number of carbonyl (C=O) groups excluding carboxylic acids is 1. The number of urea groups is 1. The summed E-state index contributed by atoms with van der Waals surface area (Å²) in [5.41, 5.74) is 0. The summed E-state index contributed by atoms with van der Waals surface area (Å²) < 4.78 is 13.4. The van der Waals surface area contributed by atoms with Crippen LogP contribution in [0, 0.1) is 0 Å². The number of imidazole rings is 1. The lowest BCUT2D eigenvalue weighted by atomic mass is 10.2. The summed E-state index contributed by atoms with van der Waals surface area (Å²) in [7, 11) is 1.75. The molecule has 0 bridgehead atoms. The molecule has 0 saturated carbocycles. The number of likely N-dealkylation sites (N-methyl/N-ethyl adjacent to an activating group) is 1. The third kappa shape index (κ3) is 3.94. The first-order valence-corrected chi connectivity index (χ1v) is 7.55. The van der Waals surface area contributed by atoms with Crippen molar-refractivity contribution in [1.82, 2.24) is 19.8 Å². The fraction of sp³-hybridized carbons (Fsp3) is 0.375. The molecule has 23 heavy (non-hydrogen) atoms. The van der Waals surface area contributed by atoms with Crippen molar-refractivity contribution < 1.29 is 14.3 Å². The molecular formula is C16H20N4O3. The number of carbonyl (C=O) groups is 1. The second-order valence-electron chi connectivity index (χ2n) is 5.41. The van der Waals surface area contributed by atoms with Gasteiger partial charge in [0.25, 0.3) is 0 Å². The van der Waals surface area contributed by atoms with Crippen molar-refractivity contribution in [3.63, 3.8) is 0 Å². The molecule has 1 aliphatic heterocycles. The highest BCUT2D eigenvalue weighted by Gasteiger charge is 2.23. The first kappa shape index (κ1) is 15.2. The predicted molar refractivity (Wildman–Crippen MR) is 84.6 cm³/mol. The monoisotopic (exact) mass is 316 g/mol. The number of fused-ring (bicyclic) bond motifs is 1. The van der Waals surface area contributed by atoms with Gasteiger partial charge in [0.2, 0.25) is 0 Å². The van der Waals surface area contributed by atoms with Gasteiger partial charge in [-0.1, -0.05) is 12.1 Å². The van der Waals surface area contributed by atoms with Crippen LogP contribution < -0.4 is 14.8 Å². The number of rotatable bonds is 5. The van der Waals surface area contributed by atoms with Crippen molar-refractivity contribution >= 4 is 6.03 Å². The molecule has 0 saturated heterocycles. The number of amides is 2. The van der Waals surface area contributed by atoms with Crippen molar-refractivity contribution in [3.05, 3.63) is 43.0 Å². The molecule has 0 unspecified atom stereocenters. The van der Waals surface area contributed by atoms with E-state index < -0.39 is 0 Å². The molecule has 1 atom stereocenters. The maximum absolute atomic E-state index is 12.1. The molecule has 122 valence electrons. The van der Waals surface area contributed by atoms with Crippen LogP contribution in [0.3, 0.4) is 0 Å². The highest BCUT2D eigenvalue weighted by Crippen LogP contribution is 2.30. The zero-order valence-corrected chi connectivity index (χ0v) is 13.0. The summed E-state index contributed by atoms with van der Waals surface area (Å²) in [6, 6.07) is 7.41. The predicted octanol–water partition coefficient (Wildman–Crippen LogP) is 1.36. The van der Waals surface area contributed by atoms with E-state index in [4.69, 9.17) is 9.47 Å². The lowest BCUT2D eigenvalue weighted by molar-refractivity contribution is 0.0716. The molecule has 0 radical (unpaired) electrons. The fourth-order valence-corrected chi connectivity index (χ4v) is 2.39. The van der Waals surface area contributed by atoms with E-state index in [1.807, 2.05) is 35.0 Å². The molecule has 0 aliphatic carbocycles. The first-order valence-electron chi connectivity index (χ1n) is 7.55. The number of aromatic nitrogens is 2. The average molecular weight is 316 g/mol. The van der Waals surface area contributed by atoms with Gasteiger partial charge in [-0.2, -0.15) is 0 Å². The minimum atomic E-state index is -0.172. The zero-order chi connectivity index (χ0) is 16.1. The van der Waals surface area contributed by atoms with Gasteiger partial charge < -0.3 is 24.3 Å². The van der Waals surface area contributed by atoms with E-state index in [1.165, 1.54) is 0 Å². The Morgan fingerprint density at radius 2 is 2.26 bits per heavy atom. The number of hydrogen-bond donors (Lipinski definition) is 1. The molecule has 7 nitrogen and oxygen atoms in total. The number of para-hydroxylation sites is 2. The van der Waals surface area contributed by atoms with Crippen molar-refractivity contribution in [2.24, 2.45) is 0 Å². The molecule has 1 aromatic heterocycles. The minimum Gasteiger partial charge on any atom is -0.486 e. The minimum absolute atomic E-state index is 0.132. The Morgan fingerprint density at radius 1 is 1.43 bits per heavy atom. The van der Waals surface area contributed by atoms with E-state index in [0.29, 0.717) is 26.2 Å². The van der Waals surface area contributed by atoms with Crippen molar-refractivity contribution in [2.45, 2.75) is 12.6 Å². The third-order valence-corrected chi connectivity index (χ3v) is 3.60. The van der Waals surface area contributed by atoms with Gasteiger partial charge in [0.15, 0.2) is 17.6 Å². The summed E-state index contributed by atoms with van der Waals surface area (Å²) in [6.07, 6.45) is 5.13. The number of nitrogens with zero attached hydrogens (tertiary/aromatic N) is 3. The van der Waals surface area contributed by atoms with E-state index in [1.54, 1.807) is 24.5 Å². The largest absolute Gasteiger partial charge is 0.486 e. The van der Waals surface area contributed by atoms with E-state index >= 15 is 0 Å². The molecule has 3 rings (SSSR count). The van der Waals surface area contributed by atoms with Gasteiger partial charge in [0.1, 0.15) is 6.61 Å². The van der Waals surface area contributed by atoms with Crippen LogP contribution in [-0.2, 0) is 6.54 Å². The van der Waals surface area contributed by atoms with Crippen molar-refractivity contribution in [3.8, 4) is 11.5 Å². The Kier molecular flexibility index (Phi) is 4.65. The molecule has 7 heteroatoms. The van der Waals surface area contributed by atoms with E-state index in [2.05, 4.69) is 10.3 Å². The molecule has 0 spiro atoms. The van der Waals surface area contributed by atoms with Crippen LogP contribution in [-0.4, -0.2) is 53.3 Å². The van der Waals surface area contributed by atoms with Gasteiger partial charge in [0.05, 0.1) is 12.9 Å². The summed E-state index contributed by atoms with van der Waals surface area (Å²) in [4.78, 5) is 17.7. The Labute approximate surface area is 134 Å². The summed E-state index contributed by atoms with van der Waals surface area (Å²) in [5.74, 6) is 1.47. The summed E-state index contributed by atoms with van der Waals surface area (Å²) >= 11 is 0. The van der Waals surface area contributed by atoms with Gasteiger partial charge >= 0.3 is 6.03 Å². The second-order valence-corrected chi connectivity index (χ2v) is 5.41. The number of benzene rings is 1. The SMILES string of the molecule is CN(C[C@@H]1COc2ccccc2O1)C(=O)NCCn1ccnc1. The second kappa shape index (κ2) is 7.04. The molecule has 0 fully saturated rings. The third-order valence-electron chi connectivity index (χ3n) is 3.60. The summed E-state index contributed by atoms with van der Waals surface area (Å²) in [6.45, 7) is 2.13. The number of ether oxygens (including phenoxy) is 2. The lowest BCUT2D eigenvalue weighted by Crippen LogP contribution is -2.46. The Balaban J connectivity index is 1.43. The Bertz CT molecular complexity index is 645. The van der Waals surface area contributed by atoms with E-state index in [-0.39, 0.29) is 12.1 Å². The van der Waals surface area contributed by atoms with Crippen LogP contribution in [0.1, 0.15) is 0 Å². The van der Waals surface area contributed by atoms with Crippen LogP contribution in [0.15, 0.2) is 43.0 Å². The average Bonchev–Trinajstić information content (AvgIpc) is 3.08. The molecule has 1 aliphatic rings. The highest BCUT2D eigenvalue weighted by atomic mass is 16.6. The van der Waals surface area contributed by atoms with Gasteiger partial charge in [-0.15, -0.1) is 0 Å². The molecular weight excluding hydrogens is 296 g/mol. The normalized spacial score (nSPS) is 16.0. The van der Waals surface area contributed by atoms with Crippen LogP contribution >= 0.6 is 0 Å². The van der Waals surface area contributed by atoms with Crippen LogP contribution in [0.5, 0.6) is 11.5 Å². The van der Waals surface area contributed by atoms with Crippen LogP contribution in [0.2, 0.25) is 0 Å². The Hall–Kier alpha value is -2.70. The van der Waals surface area contributed by atoms with E-state index in [0.717, 1.165) is 11.5 Å². The van der Waals surface area contributed by atoms with Crippen LogP contribution in [0.25, 0.3) is 0 Å². The van der Waals surface area contributed by atoms with Crippen molar-refractivity contribution in [1.29, 1.82) is 0 Å². The molecule has 1 aromatic carbocycles. The fourth-order valence-electron chi connectivity index (χ4n) is 2.39. The van der Waals surface area contributed by atoms with Crippen LogP contribution in [0.4, 0.5) is 4.79 Å². The topological polar surface area (TPSA) is 68.6 Å². The van der Waals surface area contributed by atoms with Crippen molar-refractivity contribution in [2.75, 3.05) is 26.7 Å². The molecule has 2 amide bonds. The van der Waals surface area contributed by atoms with E-state index in [9.17, 15) is 4.79 Å². The molecule has 2 heterocycles. The van der Waals surface area contributed by atoms with Gasteiger partial charge in [-0.25, -0.2) is 9.78 Å². The first-order chi connectivity index (χ1) is 11.2. The summed E-state index contributed by atoms with van der Waals surface area (Å²) in [5, 5.41) is 2.87. The smallest absolute Gasteiger partial charge is 0.317 e. The van der Waals surface area contributed by atoms with Gasteiger partial charge in [-0.05, 0) is 12.1 Å². The number of hydrogen-bond acceptors (Lipinski definition) is 4. The van der Waals surface area contributed by atoms with Gasteiger partial charge in [-0.3, -0.25) is 0 Å². The van der Waals surface area contributed by atoms with Gasteiger partial charge in [0, 0.05) is 32.5 Å². The Morgan fingerprint density at radius 3 is 3.04 bits per heavy atom. The zero-order valence-electron chi connectivity index (χ0n) is 13.0. The maximum atomic E-state index is 12.1. The molecule has 2 aromatic rings. The maximum Gasteiger partial charge on any atom is 0.317 e. The molecule has 1 N–H and O–H groups in total. The lowest BCUT2D eigenvalue weighted by Gasteiger charge is -2.29. The quantitative estimate of drug-likeness (QED) is 0.904. The standard InChI is InChI=1S/C16H20N4O3/c1-19(16(21)18-7-9-20-8-6-17-12-20)10-13-11-22-14-4-2-3-5-15(14)23-13/h2-6,8,12-13H,7,9-11H2,1H3,(H,18,21)/t13-/m1/s1. The highest BCUT2D eigenvalue weighted by molar-refractivity contribution is 5.73.